The first-order valence-corrected chi connectivity index (χ1v) is 11.0. The second-order valence-corrected chi connectivity index (χ2v) is 8.86. The van der Waals surface area contributed by atoms with Crippen molar-refractivity contribution in [2.45, 2.75) is 39.6 Å². The quantitative estimate of drug-likeness (QED) is 0.402. The van der Waals surface area contributed by atoms with Crippen LogP contribution in [0.4, 0.5) is 18.2 Å². The van der Waals surface area contributed by atoms with Gasteiger partial charge in [-0.25, -0.2) is 0 Å². The van der Waals surface area contributed by atoms with E-state index in [9.17, 15) is 32.7 Å². The van der Waals surface area contributed by atoms with E-state index < -0.39 is 40.8 Å². The first kappa shape index (κ1) is 26.6. The number of carboxylic acids is 1. The van der Waals surface area contributed by atoms with Gasteiger partial charge in [0.05, 0.1) is 17.1 Å². The molecule has 1 aromatic heterocycles. The number of rotatable bonds is 10. The zero-order valence-electron chi connectivity index (χ0n) is 17.9. The third-order valence-electron chi connectivity index (χ3n) is 4.46. The number of halogens is 4. The van der Waals surface area contributed by atoms with E-state index in [1.54, 1.807) is 19.9 Å². The highest BCUT2D eigenvalue weighted by Crippen LogP contribution is 2.34. The van der Waals surface area contributed by atoms with Crippen molar-refractivity contribution in [2.24, 2.45) is 5.92 Å². The number of ketones is 1. The van der Waals surface area contributed by atoms with Crippen molar-refractivity contribution >= 4 is 45.6 Å². The van der Waals surface area contributed by atoms with Crippen molar-refractivity contribution in [3.8, 4) is 5.75 Å². The van der Waals surface area contributed by atoms with Crippen molar-refractivity contribution in [2.75, 3.05) is 11.9 Å². The van der Waals surface area contributed by atoms with E-state index in [1.165, 1.54) is 11.3 Å². The smallest absolute Gasteiger partial charge is 0.480 e. The zero-order chi connectivity index (χ0) is 24.9. The Balaban J connectivity index is 2.22. The number of anilines is 1. The molecule has 1 aromatic carbocycles. The summed E-state index contributed by atoms with van der Waals surface area (Å²) in [4.78, 5) is 37.4. The fourth-order valence-electron chi connectivity index (χ4n) is 2.86. The summed E-state index contributed by atoms with van der Waals surface area (Å²) in [7, 11) is 0. The van der Waals surface area contributed by atoms with E-state index in [2.05, 4.69) is 15.4 Å². The van der Waals surface area contributed by atoms with E-state index in [1.807, 2.05) is 6.92 Å². The third-order valence-corrected chi connectivity index (χ3v) is 5.95. The van der Waals surface area contributed by atoms with Crippen molar-refractivity contribution in [1.82, 2.24) is 5.32 Å². The normalized spacial score (nSPS) is 12.5. The average molecular weight is 507 g/mol. The molecule has 0 fully saturated rings. The second kappa shape index (κ2) is 11.0. The SMILES string of the molecule is CCc1cc(C(=O)c2ccc(OC(F)(F)F)c(Cl)c2)c(NC(=O)CNC(C(=O)O)C(C)C)s1. The predicted molar refractivity (Wildman–Crippen MR) is 118 cm³/mol. The molecule has 7 nitrogen and oxygen atoms in total. The molecule has 1 unspecified atom stereocenters. The third kappa shape index (κ3) is 7.44. The summed E-state index contributed by atoms with van der Waals surface area (Å²) in [5, 5.41) is 14.3. The van der Waals surface area contributed by atoms with E-state index in [4.69, 9.17) is 11.6 Å². The van der Waals surface area contributed by atoms with Crippen LogP contribution in [-0.2, 0) is 16.0 Å². The Bertz CT molecular complexity index is 1040. The monoisotopic (exact) mass is 506 g/mol. The highest BCUT2D eigenvalue weighted by atomic mass is 35.5. The molecule has 0 spiro atoms. The van der Waals surface area contributed by atoms with Crippen LogP contribution in [0.25, 0.3) is 0 Å². The van der Waals surface area contributed by atoms with Gasteiger partial charge >= 0.3 is 12.3 Å². The zero-order valence-corrected chi connectivity index (χ0v) is 19.5. The standard InChI is InChI=1S/C21H22ClF3N2O5S/c1-4-12-8-13(18(29)11-5-6-15(14(22)7-11)32-21(23,24)25)19(33-12)27-16(28)9-26-17(10(2)3)20(30)31/h5-8,10,17,26H,4,9H2,1-3H3,(H,27,28)(H,30,31). The number of aliphatic carboxylic acids is 1. The minimum Gasteiger partial charge on any atom is -0.480 e. The van der Waals surface area contributed by atoms with Crippen LogP contribution in [-0.4, -0.2) is 41.7 Å². The Morgan fingerprint density at radius 1 is 1.21 bits per heavy atom. The van der Waals surface area contributed by atoms with Crippen molar-refractivity contribution in [1.29, 1.82) is 0 Å². The fraction of sp³-hybridized carbons (Fsp3) is 0.381. The number of amides is 1. The Morgan fingerprint density at radius 3 is 2.39 bits per heavy atom. The van der Waals surface area contributed by atoms with Crippen LogP contribution in [0.15, 0.2) is 24.3 Å². The van der Waals surface area contributed by atoms with Gasteiger partial charge in [-0.15, -0.1) is 24.5 Å². The Morgan fingerprint density at radius 2 is 1.88 bits per heavy atom. The minimum absolute atomic E-state index is 0.00866. The molecule has 0 aliphatic carbocycles. The fourth-order valence-corrected chi connectivity index (χ4v) is 4.09. The number of hydrogen-bond donors (Lipinski definition) is 3. The summed E-state index contributed by atoms with van der Waals surface area (Å²) in [6, 6.07) is 3.80. The molecule has 2 aromatic rings. The van der Waals surface area contributed by atoms with Gasteiger partial charge in [-0.2, -0.15) is 0 Å². The lowest BCUT2D eigenvalue weighted by Gasteiger charge is -2.17. The summed E-state index contributed by atoms with van der Waals surface area (Å²) >= 11 is 7.01. The molecule has 0 bridgehead atoms. The lowest BCUT2D eigenvalue weighted by molar-refractivity contribution is -0.274. The molecule has 0 radical (unpaired) electrons. The van der Waals surface area contributed by atoms with E-state index in [0.717, 1.165) is 23.1 Å². The number of benzene rings is 1. The molecule has 180 valence electrons. The van der Waals surface area contributed by atoms with Crippen LogP contribution in [0.5, 0.6) is 5.75 Å². The Kier molecular flexibility index (Phi) is 8.87. The number of aryl methyl sites for hydroxylation is 1. The molecule has 12 heteroatoms. The lowest BCUT2D eigenvalue weighted by Crippen LogP contribution is -2.44. The number of hydrogen-bond acceptors (Lipinski definition) is 6. The van der Waals surface area contributed by atoms with E-state index in [0.29, 0.717) is 6.42 Å². The highest BCUT2D eigenvalue weighted by molar-refractivity contribution is 7.16. The Hall–Kier alpha value is -2.63. The number of alkyl halides is 3. The van der Waals surface area contributed by atoms with Crippen molar-refractivity contribution in [3.05, 3.63) is 45.3 Å². The average Bonchev–Trinajstić information content (AvgIpc) is 3.10. The van der Waals surface area contributed by atoms with Gasteiger partial charge in [-0.3, -0.25) is 19.7 Å². The van der Waals surface area contributed by atoms with Crippen molar-refractivity contribution < 1.29 is 37.4 Å². The number of carbonyl (C=O) groups is 3. The van der Waals surface area contributed by atoms with Crippen LogP contribution in [0.1, 0.15) is 41.6 Å². The van der Waals surface area contributed by atoms with Gasteiger partial charge in [0, 0.05) is 10.4 Å². The van der Waals surface area contributed by atoms with E-state index >= 15 is 0 Å². The van der Waals surface area contributed by atoms with Gasteiger partial charge in [0.25, 0.3) is 0 Å². The summed E-state index contributed by atoms with van der Waals surface area (Å²) < 4.78 is 41.1. The predicted octanol–water partition coefficient (Wildman–Crippen LogP) is 4.73. The molecule has 2 rings (SSSR count). The molecule has 0 saturated heterocycles. The van der Waals surface area contributed by atoms with Gasteiger partial charge in [-0.1, -0.05) is 32.4 Å². The number of nitrogens with one attached hydrogen (secondary N) is 2. The van der Waals surface area contributed by atoms with Gasteiger partial charge in [0.1, 0.15) is 16.8 Å². The summed E-state index contributed by atoms with van der Waals surface area (Å²) in [5.41, 5.74) is 0.152. The van der Waals surface area contributed by atoms with Gasteiger partial charge in [0.15, 0.2) is 5.78 Å². The molecule has 0 aliphatic heterocycles. The Labute approximate surface area is 196 Å². The van der Waals surface area contributed by atoms with Crippen LogP contribution in [0.3, 0.4) is 0 Å². The summed E-state index contributed by atoms with van der Waals surface area (Å²) in [6.45, 7) is 4.96. The summed E-state index contributed by atoms with van der Waals surface area (Å²) in [5.74, 6) is -3.09. The molecule has 3 N–H and O–H groups in total. The van der Waals surface area contributed by atoms with Crippen molar-refractivity contribution in [3.63, 3.8) is 0 Å². The summed E-state index contributed by atoms with van der Waals surface area (Å²) in [6.07, 6.45) is -4.36. The molecule has 1 atom stereocenters. The van der Waals surface area contributed by atoms with Crippen LogP contribution in [0, 0.1) is 5.92 Å². The van der Waals surface area contributed by atoms with Gasteiger partial charge in [-0.05, 0) is 36.6 Å². The maximum atomic E-state index is 13.0. The topological polar surface area (TPSA) is 105 Å². The number of carboxylic acid groups (broad SMARTS) is 1. The first-order valence-electron chi connectivity index (χ1n) is 9.81. The van der Waals surface area contributed by atoms with Gasteiger partial charge in [0.2, 0.25) is 5.91 Å². The van der Waals surface area contributed by atoms with Gasteiger partial charge < -0.3 is 15.2 Å². The van der Waals surface area contributed by atoms with Crippen LogP contribution < -0.4 is 15.4 Å². The van der Waals surface area contributed by atoms with Crippen LogP contribution >= 0.6 is 22.9 Å². The highest BCUT2D eigenvalue weighted by Gasteiger charge is 2.32. The molecule has 0 aliphatic rings. The number of ether oxygens (including phenoxy) is 1. The molecular weight excluding hydrogens is 485 g/mol. The molecule has 33 heavy (non-hydrogen) atoms. The minimum atomic E-state index is -4.93. The lowest BCUT2D eigenvalue weighted by atomic mass is 10.0. The van der Waals surface area contributed by atoms with E-state index in [-0.39, 0.29) is 28.6 Å². The first-order chi connectivity index (χ1) is 15.3. The van der Waals surface area contributed by atoms with Crippen LogP contribution in [0.2, 0.25) is 5.02 Å². The molecule has 1 heterocycles. The molecule has 0 saturated carbocycles. The maximum Gasteiger partial charge on any atom is 0.573 e. The number of thiophene rings is 1. The maximum absolute atomic E-state index is 13.0. The number of carbonyl (C=O) groups excluding carboxylic acids is 2. The largest absolute Gasteiger partial charge is 0.573 e. The second-order valence-electron chi connectivity index (χ2n) is 7.32. The molecule has 1 amide bonds. The molecular formula is C21H22ClF3N2O5S.